The largest absolute Gasteiger partial charge is 0.333 e. The van der Waals surface area contributed by atoms with Gasteiger partial charge in [-0.3, -0.25) is 19.0 Å². The lowest BCUT2D eigenvalue weighted by molar-refractivity contribution is -0.134. The molecule has 1 aliphatic carbocycles. The number of nitrogens with zero attached hydrogens (tertiary/aromatic N) is 3. The van der Waals surface area contributed by atoms with Gasteiger partial charge in [-0.1, -0.05) is 25.1 Å². The van der Waals surface area contributed by atoms with Crippen molar-refractivity contribution in [2.45, 2.75) is 58.9 Å². The van der Waals surface area contributed by atoms with Gasteiger partial charge in [0.25, 0.3) is 5.56 Å². The number of hydrogen-bond donors (Lipinski definition) is 1. The van der Waals surface area contributed by atoms with Crippen molar-refractivity contribution in [1.29, 1.82) is 0 Å². The molecule has 0 spiro atoms. The quantitative estimate of drug-likeness (QED) is 0.545. The summed E-state index contributed by atoms with van der Waals surface area (Å²) in [5.74, 6) is -0.368. The fourth-order valence-electron chi connectivity index (χ4n) is 4.35. The first kappa shape index (κ1) is 23.2. The molecule has 0 radical (unpaired) electrons. The molecule has 0 saturated carbocycles. The van der Waals surface area contributed by atoms with E-state index in [1.165, 1.54) is 4.88 Å². The summed E-state index contributed by atoms with van der Waals surface area (Å²) >= 11 is 1.62. The first-order valence-corrected chi connectivity index (χ1v) is 12.4. The minimum Gasteiger partial charge on any atom is -0.333 e. The fraction of sp³-hybridized carbons (Fsp3) is 0.440. The zero-order valence-electron chi connectivity index (χ0n) is 19.2. The third-order valence-electron chi connectivity index (χ3n) is 6.11. The summed E-state index contributed by atoms with van der Waals surface area (Å²) < 4.78 is 1.54. The van der Waals surface area contributed by atoms with Crippen molar-refractivity contribution in [3.05, 3.63) is 57.0 Å². The van der Waals surface area contributed by atoms with Gasteiger partial charge in [-0.05, 0) is 56.2 Å². The Morgan fingerprint density at radius 2 is 2.00 bits per heavy atom. The summed E-state index contributed by atoms with van der Waals surface area (Å²) in [7, 11) is 0. The van der Waals surface area contributed by atoms with Crippen LogP contribution in [0.25, 0.3) is 10.2 Å². The van der Waals surface area contributed by atoms with Crippen LogP contribution in [0, 0.1) is 6.92 Å². The number of benzene rings is 1. The maximum Gasteiger partial charge on any atom is 0.262 e. The highest BCUT2D eigenvalue weighted by Gasteiger charge is 2.21. The Hall–Kier alpha value is -3.00. The lowest BCUT2D eigenvalue weighted by Gasteiger charge is -2.22. The van der Waals surface area contributed by atoms with Crippen LogP contribution in [0.3, 0.4) is 0 Å². The molecule has 0 fully saturated rings. The van der Waals surface area contributed by atoms with Crippen LogP contribution in [0.1, 0.15) is 48.6 Å². The molecule has 1 N–H and O–H groups in total. The van der Waals surface area contributed by atoms with Crippen molar-refractivity contribution < 1.29 is 9.59 Å². The number of anilines is 1. The Labute approximate surface area is 197 Å². The molecule has 3 aromatic rings. The Morgan fingerprint density at radius 1 is 1.21 bits per heavy atom. The first-order valence-electron chi connectivity index (χ1n) is 11.6. The monoisotopic (exact) mass is 466 g/mol. The standard InChI is InChI=1S/C25H30N4O3S/c1-3-13-28(15-21(30)27-19-10-6-4-8-17(19)2)22(31)12-14-29-16-26-24-23(25(29)32)18-9-5-7-11-20(18)33-24/h4,6,8,10,16H,3,5,7,9,11-15H2,1-2H3,(H,27,30). The molecule has 0 unspecified atom stereocenters. The Kier molecular flexibility index (Phi) is 7.23. The van der Waals surface area contributed by atoms with E-state index in [4.69, 9.17) is 0 Å². The van der Waals surface area contributed by atoms with E-state index in [-0.39, 0.29) is 36.9 Å². The molecule has 174 valence electrons. The highest BCUT2D eigenvalue weighted by molar-refractivity contribution is 7.18. The van der Waals surface area contributed by atoms with E-state index in [9.17, 15) is 14.4 Å². The number of hydrogen-bond acceptors (Lipinski definition) is 5. The maximum absolute atomic E-state index is 13.1. The number of nitrogens with one attached hydrogen (secondary N) is 1. The number of aromatic nitrogens is 2. The van der Waals surface area contributed by atoms with E-state index in [0.717, 1.165) is 59.1 Å². The molecule has 33 heavy (non-hydrogen) atoms. The van der Waals surface area contributed by atoms with E-state index < -0.39 is 0 Å². The summed E-state index contributed by atoms with van der Waals surface area (Å²) in [6.45, 7) is 4.64. The van der Waals surface area contributed by atoms with E-state index in [0.29, 0.717) is 6.54 Å². The molecule has 2 amide bonds. The Balaban J connectivity index is 1.43. The average molecular weight is 467 g/mol. The first-order chi connectivity index (χ1) is 16.0. The predicted octanol–water partition coefficient (Wildman–Crippen LogP) is 3.91. The fourth-order valence-corrected chi connectivity index (χ4v) is 5.57. The van der Waals surface area contributed by atoms with Crippen LogP contribution < -0.4 is 10.9 Å². The van der Waals surface area contributed by atoms with Crippen molar-refractivity contribution >= 4 is 39.1 Å². The molecule has 0 bridgehead atoms. The van der Waals surface area contributed by atoms with Crippen LogP contribution in [0.4, 0.5) is 5.69 Å². The van der Waals surface area contributed by atoms with Gasteiger partial charge in [0.15, 0.2) is 0 Å². The molecule has 8 heteroatoms. The highest BCUT2D eigenvalue weighted by Crippen LogP contribution is 2.33. The minimum absolute atomic E-state index is 0.00870. The van der Waals surface area contributed by atoms with Crippen LogP contribution in [0.5, 0.6) is 0 Å². The summed E-state index contributed by atoms with van der Waals surface area (Å²) in [6.07, 6.45) is 6.65. The minimum atomic E-state index is -0.226. The van der Waals surface area contributed by atoms with E-state index in [2.05, 4.69) is 10.3 Å². The zero-order valence-corrected chi connectivity index (χ0v) is 20.0. The van der Waals surface area contributed by atoms with Gasteiger partial charge < -0.3 is 10.2 Å². The number of para-hydroxylation sites is 1. The topological polar surface area (TPSA) is 84.3 Å². The van der Waals surface area contributed by atoms with Crippen molar-refractivity contribution in [3.63, 3.8) is 0 Å². The molecule has 0 atom stereocenters. The van der Waals surface area contributed by atoms with Gasteiger partial charge in [0.1, 0.15) is 4.83 Å². The summed E-state index contributed by atoms with van der Waals surface area (Å²) in [6, 6.07) is 7.55. The molecule has 2 heterocycles. The molecular weight excluding hydrogens is 436 g/mol. The second-order valence-corrected chi connectivity index (χ2v) is 9.65. The molecule has 0 saturated heterocycles. The van der Waals surface area contributed by atoms with Gasteiger partial charge in [0.2, 0.25) is 11.8 Å². The van der Waals surface area contributed by atoms with Gasteiger partial charge in [0.05, 0.1) is 18.3 Å². The molecule has 1 aromatic carbocycles. The Morgan fingerprint density at radius 3 is 2.79 bits per heavy atom. The van der Waals surface area contributed by atoms with E-state index in [1.54, 1.807) is 27.1 Å². The lowest BCUT2D eigenvalue weighted by Crippen LogP contribution is -2.39. The third kappa shape index (κ3) is 5.16. The third-order valence-corrected chi connectivity index (χ3v) is 7.31. The normalized spacial score (nSPS) is 13.0. The molecule has 1 aliphatic rings. The maximum atomic E-state index is 13.1. The predicted molar refractivity (Wildman–Crippen MR) is 132 cm³/mol. The lowest BCUT2D eigenvalue weighted by atomic mass is 9.97. The number of carbonyl (C=O) groups is 2. The smallest absolute Gasteiger partial charge is 0.262 e. The van der Waals surface area contributed by atoms with E-state index >= 15 is 0 Å². The second-order valence-electron chi connectivity index (χ2n) is 8.56. The van der Waals surface area contributed by atoms with E-state index in [1.807, 2.05) is 38.1 Å². The van der Waals surface area contributed by atoms with Crippen LogP contribution in [0.15, 0.2) is 35.4 Å². The van der Waals surface area contributed by atoms with Crippen molar-refractivity contribution in [2.24, 2.45) is 0 Å². The van der Waals surface area contributed by atoms with Gasteiger partial charge in [-0.15, -0.1) is 11.3 Å². The second kappa shape index (κ2) is 10.3. The van der Waals surface area contributed by atoms with Crippen molar-refractivity contribution in [2.75, 3.05) is 18.4 Å². The number of carbonyl (C=O) groups excluding carboxylic acids is 2. The van der Waals surface area contributed by atoms with Crippen molar-refractivity contribution in [1.82, 2.24) is 14.5 Å². The van der Waals surface area contributed by atoms with Gasteiger partial charge in [-0.25, -0.2) is 4.98 Å². The molecular formula is C25H30N4O3S. The summed E-state index contributed by atoms with van der Waals surface area (Å²) in [5.41, 5.74) is 2.81. The number of amides is 2. The summed E-state index contributed by atoms with van der Waals surface area (Å²) in [5, 5.41) is 3.62. The zero-order chi connectivity index (χ0) is 23.4. The highest BCUT2D eigenvalue weighted by atomic mass is 32.1. The van der Waals surface area contributed by atoms with Crippen molar-refractivity contribution in [3.8, 4) is 0 Å². The number of aryl methyl sites for hydroxylation is 4. The van der Waals surface area contributed by atoms with Crippen LogP contribution in [0.2, 0.25) is 0 Å². The van der Waals surface area contributed by atoms with Gasteiger partial charge in [-0.2, -0.15) is 0 Å². The van der Waals surface area contributed by atoms with Crippen LogP contribution in [-0.2, 0) is 29.0 Å². The molecule has 4 rings (SSSR count). The van der Waals surface area contributed by atoms with Crippen LogP contribution >= 0.6 is 11.3 Å². The molecule has 7 nitrogen and oxygen atoms in total. The SMILES string of the molecule is CCCN(CC(=O)Nc1ccccc1C)C(=O)CCn1cnc2sc3c(c2c1=O)CCCC3. The van der Waals surface area contributed by atoms with Gasteiger partial charge >= 0.3 is 0 Å². The summed E-state index contributed by atoms with van der Waals surface area (Å²) in [4.78, 5) is 46.8. The number of fused-ring (bicyclic) bond motifs is 3. The number of rotatable bonds is 8. The molecule has 2 aromatic heterocycles. The van der Waals surface area contributed by atoms with Gasteiger partial charge in [0, 0.05) is 30.1 Å². The average Bonchev–Trinajstić information content (AvgIpc) is 3.19. The number of thiophene rings is 1. The van der Waals surface area contributed by atoms with Crippen LogP contribution in [-0.4, -0.2) is 39.4 Å². The molecule has 0 aliphatic heterocycles. The Bertz CT molecular complexity index is 1230.